The third-order valence-electron chi connectivity index (χ3n) is 4.38. The average Bonchev–Trinajstić information content (AvgIpc) is 2.98. The zero-order valence-electron chi connectivity index (χ0n) is 13.9. The molecule has 1 aromatic rings. The molecule has 0 aromatic heterocycles. The molecule has 2 unspecified atom stereocenters. The molecular weight excluding hydrogens is 258 g/mol. The van der Waals surface area contributed by atoms with E-state index in [2.05, 4.69) is 50.4 Å². The Kier molecular flexibility index (Phi) is 6.72. The van der Waals surface area contributed by atoms with E-state index < -0.39 is 0 Å². The Morgan fingerprint density at radius 3 is 2.57 bits per heavy atom. The number of benzene rings is 1. The topological polar surface area (TPSA) is 21.3 Å². The predicted molar refractivity (Wildman–Crippen MR) is 89.9 cm³/mol. The predicted octanol–water partition coefficient (Wildman–Crippen LogP) is 4.29. The first-order valence-corrected chi connectivity index (χ1v) is 8.63. The van der Waals surface area contributed by atoms with Crippen LogP contribution in [0, 0.1) is 0 Å². The number of hydrogen-bond acceptors (Lipinski definition) is 2. The minimum atomic E-state index is 0.467. The fourth-order valence-electron chi connectivity index (χ4n) is 3.06. The molecule has 2 atom stereocenters. The van der Waals surface area contributed by atoms with Gasteiger partial charge in [0, 0.05) is 12.6 Å². The van der Waals surface area contributed by atoms with Gasteiger partial charge in [0.1, 0.15) is 0 Å². The number of ether oxygens (including phenoxy) is 1. The van der Waals surface area contributed by atoms with E-state index in [-0.39, 0.29) is 0 Å². The quantitative estimate of drug-likeness (QED) is 0.771. The zero-order valence-corrected chi connectivity index (χ0v) is 13.9. The van der Waals surface area contributed by atoms with Crippen molar-refractivity contribution in [1.82, 2.24) is 5.32 Å². The molecule has 1 N–H and O–H groups in total. The van der Waals surface area contributed by atoms with E-state index in [0.717, 1.165) is 26.0 Å². The maximum Gasteiger partial charge on any atom is 0.0590 e. The van der Waals surface area contributed by atoms with Gasteiger partial charge in [-0.15, -0.1) is 0 Å². The van der Waals surface area contributed by atoms with Crippen LogP contribution in [-0.2, 0) is 11.2 Å². The van der Waals surface area contributed by atoms with Crippen LogP contribution < -0.4 is 5.32 Å². The molecule has 1 aliphatic rings. The molecular formula is C19H31NO. The van der Waals surface area contributed by atoms with Gasteiger partial charge in [0.15, 0.2) is 0 Å². The Morgan fingerprint density at radius 2 is 2.00 bits per heavy atom. The van der Waals surface area contributed by atoms with Crippen molar-refractivity contribution in [3.8, 4) is 0 Å². The van der Waals surface area contributed by atoms with Gasteiger partial charge in [-0.05, 0) is 55.7 Å². The van der Waals surface area contributed by atoms with Crippen LogP contribution in [0.25, 0.3) is 0 Å². The normalized spacial score (nSPS) is 20.1. The highest BCUT2D eigenvalue weighted by Crippen LogP contribution is 2.20. The summed E-state index contributed by atoms with van der Waals surface area (Å²) in [6.45, 7) is 8.78. The van der Waals surface area contributed by atoms with Crippen LogP contribution in [-0.4, -0.2) is 25.3 Å². The summed E-state index contributed by atoms with van der Waals surface area (Å²) < 4.78 is 5.81. The summed E-state index contributed by atoms with van der Waals surface area (Å²) in [6, 6.07) is 9.70. The summed E-state index contributed by atoms with van der Waals surface area (Å²) >= 11 is 0. The first-order chi connectivity index (χ1) is 10.2. The first kappa shape index (κ1) is 16.5. The lowest BCUT2D eigenvalue weighted by Crippen LogP contribution is -2.35. The van der Waals surface area contributed by atoms with E-state index in [1.54, 1.807) is 0 Å². The van der Waals surface area contributed by atoms with E-state index in [0.29, 0.717) is 18.1 Å². The number of rotatable bonds is 8. The molecule has 21 heavy (non-hydrogen) atoms. The molecule has 1 fully saturated rings. The van der Waals surface area contributed by atoms with Gasteiger partial charge in [0.2, 0.25) is 0 Å². The van der Waals surface area contributed by atoms with E-state index >= 15 is 0 Å². The van der Waals surface area contributed by atoms with Gasteiger partial charge < -0.3 is 10.1 Å². The summed E-state index contributed by atoms with van der Waals surface area (Å²) in [5.74, 6) is 0.611. The van der Waals surface area contributed by atoms with Crippen molar-refractivity contribution >= 4 is 0 Å². The summed E-state index contributed by atoms with van der Waals surface area (Å²) in [7, 11) is 0. The molecule has 0 amide bonds. The highest BCUT2D eigenvalue weighted by atomic mass is 16.5. The Morgan fingerprint density at radius 1 is 1.24 bits per heavy atom. The molecule has 0 saturated carbocycles. The molecule has 0 radical (unpaired) electrons. The lowest BCUT2D eigenvalue weighted by molar-refractivity contribution is 0.0946. The third kappa shape index (κ3) is 5.44. The third-order valence-corrected chi connectivity index (χ3v) is 4.38. The summed E-state index contributed by atoms with van der Waals surface area (Å²) in [6.07, 6.45) is 6.37. The van der Waals surface area contributed by atoms with Gasteiger partial charge in [0.05, 0.1) is 6.10 Å². The fourth-order valence-corrected chi connectivity index (χ4v) is 3.06. The maximum absolute atomic E-state index is 5.81. The van der Waals surface area contributed by atoms with Crippen molar-refractivity contribution in [2.75, 3.05) is 13.2 Å². The minimum absolute atomic E-state index is 0.467. The van der Waals surface area contributed by atoms with Crippen LogP contribution in [0.15, 0.2) is 24.3 Å². The monoisotopic (exact) mass is 289 g/mol. The molecule has 0 aliphatic carbocycles. The molecule has 2 nitrogen and oxygen atoms in total. The Bertz CT molecular complexity index is 393. The summed E-state index contributed by atoms with van der Waals surface area (Å²) in [4.78, 5) is 0. The molecule has 2 heteroatoms. The minimum Gasteiger partial charge on any atom is -0.378 e. The van der Waals surface area contributed by atoms with E-state index in [1.807, 2.05) is 0 Å². The van der Waals surface area contributed by atoms with Crippen molar-refractivity contribution in [2.45, 2.75) is 70.9 Å². The lowest BCUT2D eigenvalue weighted by atomic mass is 9.96. The summed E-state index contributed by atoms with van der Waals surface area (Å²) in [5.41, 5.74) is 2.86. The molecule has 2 rings (SSSR count). The molecule has 1 heterocycles. The van der Waals surface area contributed by atoms with Crippen molar-refractivity contribution in [1.29, 1.82) is 0 Å². The smallest absolute Gasteiger partial charge is 0.0590 e. The molecule has 1 saturated heterocycles. The summed E-state index contributed by atoms with van der Waals surface area (Å²) in [5, 5.41) is 3.70. The molecule has 1 aliphatic heterocycles. The van der Waals surface area contributed by atoms with Crippen molar-refractivity contribution in [3.05, 3.63) is 35.4 Å². The second-order valence-corrected chi connectivity index (χ2v) is 6.62. The maximum atomic E-state index is 5.81. The van der Waals surface area contributed by atoms with Crippen LogP contribution in [0.5, 0.6) is 0 Å². The standard InChI is InChI=1S/C19H31NO/c1-4-11-20-18(14-19-6-5-12-21-19)13-16-7-9-17(10-8-16)15(2)3/h7-10,15,18-20H,4-6,11-14H2,1-3H3. The molecule has 1 aromatic carbocycles. The van der Waals surface area contributed by atoms with Crippen LogP contribution in [0.4, 0.5) is 0 Å². The molecule has 0 bridgehead atoms. The second-order valence-electron chi connectivity index (χ2n) is 6.62. The van der Waals surface area contributed by atoms with Gasteiger partial charge in [-0.3, -0.25) is 0 Å². The van der Waals surface area contributed by atoms with Gasteiger partial charge in [0.25, 0.3) is 0 Å². The van der Waals surface area contributed by atoms with E-state index in [9.17, 15) is 0 Å². The number of nitrogens with one attached hydrogen (secondary N) is 1. The van der Waals surface area contributed by atoms with Gasteiger partial charge in [-0.2, -0.15) is 0 Å². The Labute approximate surface area is 130 Å². The van der Waals surface area contributed by atoms with Crippen LogP contribution in [0.1, 0.15) is 63.5 Å². The van der Waals surface area contributed by atoms with Crippen LogP contribution >= 0.6 is 0 Å². The molecule has 118 valence electrons. The average molecular weight is 289 g/mol. The highest BCUT2D eigenvalue weighted by Gasteiger charge is 2.20. The Hall–Kier alpha value is -0.860. The van der Waals surface area contributed by atoms with Gasteiger partial charge in [-0.25, -0.2) is 0 Å². The second kappa shape index (κ2) is 8.55. The first-order valence-electron chi connectivity index (χ1n) is 8.63. The van der Waals surface area contributed by atoms with Gasteiger partial charge in [-0.1, -0.05) is 45.0 Å². The lowest BCUT2D eigenvalue weighted by Gasteiger charge is -2.22. The molecule has 0 spiro atoms. The fraction of sp³-hybridized carbons (Fsp3) is 0.684. The van der Waals surface area contributed by atoms with Crippen LogP contribution in [0.3, 0.4) is 0 Å². The SMILES string of the molecule is CCCNC(Cc1ccc(C(C)C)cc1)CC1CCCO1. The van der Waals surface area contributed by atoms with Crippen LogP contribution in [0.2, 0.25) is 0 Å². The number of hydrogen-bond donors (Lipinski definition) is 1. The van der Waals surface area contributed by atoms with E-state index in [1.165, 1.54) is 30.4 Å². The van der Waals surface area contributed by atoms with Crippen molar-refractivity contribution in [3.63, 3.8) is 0 Å². The van der Waals surface area contributed by atoms with E-state index in [4.69, 9.17) is 4.74 Å². The largest absolute Gasteiger partial charge is 0.378 e. The van der Waals surface area contributed by atoms with Gasteiger partial charge >= 0.3 is 0 Å². The van der Waals surface area contributed by atoms with Crippen molar-refractivity contribution < 1.29 is 4.74 Å². The highest BCUT2D eigenvalue weighted by molar-refractivity contribution is 5.25. The van der Waals surface area contributed by atoms with Crippen molar-refractivity contribution in [2.24, 2.45) is 0 Å². The zero-order chi connectivity index (χ0) is 15.1. The Balaban J connectivity index is 1.92.